The fourth-order valence-corrected chi connectivity index (χ4v) is 4.18. The van der Waals surface area contributed by atoms with Crippen LogP contribution in [0, 0.1) is 20.8 Å². The van der Waals surface area contributed by atoms with Crippen LogP contribution in [-0.4, -0.2) is 63.6 Å². The SMILES string of the molecule is Cc1nc(SCC(=O)N2CCN(c3ncccn3)CC2)c(C(N)=O)c(C)c1C. The summed E-state index contributed by atoms with van der Waals surface area (Å²) in [5, 5.41) is 0.526. The number of aromatic nitrogens is 3. The standard InChI is InChI=1S/C19H24N6O2S/c1-12-13(2)16(17(20)27)18(23-14(12)3)28-11-15(26)24-7-9-25(10-8-24)19-21-5-4-6-22-19/h4-6H,7-11H2,1-3H3,(H2,20,27). The molecule has 1 aliphatic rings. The van der Waals surface area contributed by atoms with Gasteiger partial charge in [-0.2, -0.15) is 0 Å². The van der Waals surface area contributed by atoms with E-state index in [0.29, 0.717) is 42.7 Å². The normalized spacial score (nSPS) is 14.2. The molecule has 2 amide bonds. The summed E-state index contributed by atoms with van der Waals surface area (Å²) in [7, 11) is 0. The predicted octanol–water partition coefficient (Wildman–Crippen LogP) is 1.34. The maximum Gasteiger partial charge on any atom is 0.251 e. The van der Waals surface area contributed by atoms with Crippen molar-refractivity contribution >= 4 is 29.5 Å². The maximum atomic E-state index is 12.6. The van der Waals surface area contributed by atoms with Crippen LogP contribution in [0.3, 0.4) is 0 Å². The molecule has 2 N–H and O–H groups in total. The molecule has 0 aromatic carbocycles. The Morgan fingerprint density at radius 3 is 2.32 bits per heavy atom. The van der Waals surface area contributed by atoms with E-state index in [-0.39, 0.29) is 11.7 Å². The van der Waals surface area contributed by atoms with Crippen molar-refractivity contribution in [1.82, 2.24) is 19.9 Å². The summed E-state index contributed by atoms with van der Waals surface area (Å²) in [5.41, 5.74) is 8.57. The third kappa shape index (κ3) is 4.24. The first-order valence-electron chi connectivity index (χ1n) is 9.08. The number of nitrogens with zero attached hydrogens (tertiary/aromatic N) is 5. The lowest BCUT2D eigenvalue weighted by atomic mass is 10.0. The summed E-state index contributed by atoms with van der Waals surface area (Å²) in [6.45, 7) is 8.27. The van der Waals surface area contributed by atoms with E-state index >= 15 is 0 Å². The molecule has 0 unspecified atom stereocenters. The van der Waals surface area contributed by atoms with Crippen LogP contribution < -0.4 is 10.6 Å². The molecule has 0 spiro atoms. The second kappa shape index (κ2) is 8.55. The monoisotopic (exact) mass is 400 g/mol. The molecule has 1 aliphatic heterocycles. The Balaban J connectivity index is 1.62. The highest BCUT2D eigenvalue weighted by atomic mass is 32.2. The Bertz CT molecular complexity index is 882. The molecule has 0 bridgehead atoms. The molecule has 9 heteroatoms. The van der Waals surface area contributed by atoms with E-state index in [4.69, 9.17) is 5.73 Å². The summed E-state index contributed by atoms with van der Waals surface area (Å²) >= 11 is 1.27. The zero-order chi connectivity index (χ0) is 20.3. The number of amides is 2. The van der Waals surface area contributed by atoms with E-state index in [9.17, 15) is 9.59 Å². The molecule has 0 aliphatic carbocycles. The van der Waals surface area contributed by atoms with Gasteiger partial charge in [0.2, 0.25) is 11.9 Å². The van der Waals surface area contributed by atoms with Crippen LogP contribution in [0.2, 0.25) is 0 Å². The molecule has 0 saturated carbocycles. The minimum absolute atomic E-state index is 0.0201. The highest BCUT2D eigenvalue weighted by Crippen LogP contribution is 2.27. The number of rotatable bonds is 5. The van der Waals surface area contributed by atoms with Gasteiger partial charge in [0.1, 0.15) is 5.03 Å². The molecular weight excluding hydrogens is 376 g/mol. The summed E-state index contributed by atoms with van der Waals surface area (Å²) in [6, 6.07) is 1.78. The highest BCUT2D eigenvalue weighted by molar-refractivity contribution is 8.00. The largest absolute Gasteiger partial charge is 0.366 e. The number of hydrogen-bond acceptors (Lipinski definition) is 7. The number of thioether (sulfide) groups is 1. The first-order valence-corrected chi connectivity index (χ1v) is 10.1. The summed E-state index contributed by atoms with van der Waals surface area (Å²) < 4.78 is 0. The van der Waals surface area contributed by atoms with Crippen LogP contribution in [0.25, 0.3) is 0 Å². The molecule has 2 aromatic rings. The fraction of sp³-hybridized carbons (Fsp3) is 0.421. The van der Waals surface area contributed by atoms with E-state index in [1.807, 2.05) is 25.7 Å². The molecule has 28 heavy (non-hydrogen) atoms. The Morgan fingerprint density at radius 1 is 1.07 bits per heavy atom. The van der Waals surface area contributed by atoms with Gasteiger partial charge in [-0.3, -0.25) is 9.59 Å². The molecule has 1 saturated heterocycles. The quantitative estimate of drug-likeness (QED) is 0.755. The Morgan fingerprint density at radius 2 is 1.71 bits per heavy atom. The predicted molar refractivity (Wildman–Crippen MR) is 109 cm³/mol. The second-order valence-electron chi connectivity index (χ2n) is 6.70. The van der Waals surface area contributed by atoms with Gasteiger partial charge in [0, 0.05) is 44.3 Å². The van der Waals surface area contributed by atoms with Gasteiger partial charge >= 0.3 is 0 Å². The van der Waals surface area contributed by atoms with E-state index in [1.54, 1.807) is 18.5 Å². The van der Waals surface area contributed by atoms with Crippen molar-refractivity contribution in [3.8, 4) is 0 Å². The van der Waals surface area contributed by atoms with Gasteiger partial charge in [0.25, 0.3) is 5.91 Å². The second-order valence-corrected chi connectivity index (χ2v) is 7.66. The van der Waals surface area contributed by atoms with Crippen molar-refractivity contribution in [2.45, 2.75) is 25.8 Å². The third-order valence-corrected chi connectivity index (χ3v) is 5.97. The topological polar surface area (TPSA) is 105 Å². The fourth-order valence-electron chi connectivity index (χ4n) is 3.14. The van der Waals surface area contributed by atoms with Gasteiger partial charge in [-0.25, -0.2) is 15.0 Å². The van der Waals surface area contributed by atoms with Gasteiger partial charge in [-0.1, -0.05) is 11.8 Å². The van der Waals surface area contributed by atoms with Gasteiger partial charge < -0.3 is 15.5 Å². The van der Waals surface area contributed by atoms with Crippen LogP contribution >= 0.6 is 11.8 Å². The average Bonchev–Trinajstić information content (AvgIpc) is 2.70. The summed E-state index contributed by atoms with van der Waals surface area (Å²) in [6.07, 6.45) is 3.43. The van der Waals surface area contributed by atoms with Crippen LogP contribution in [0.5, 0.6) is 0 Å². The van der Waals surface area contributed by atoms with Gasteiger partial charge in [-0.05, 0) is 38.0 Å². The zero-order valence-electron chi connectivity index (χ0n) is 16.3. The molecular formula is C19H24N6O2S. The van der Waals surface area contributed by atoms with Gasteiger partial charge in [0.15, 0.2) is 0 Å². The van der Waals surface area contributed by atoms with Crippen LogP contribution in [0.15, 0.2) is 23.5 Å². The van der Waals surface area contributed by atoms with Crippen molar-refractivity contribution in [3.63, 3.8) is 0 Å². The lowest BCUT2D eigenvalue weighted by Gasteiger charge is -2.34. The maximum absolute atomic E-state index is 12.6. The molecule has 1 fully saturated rings. The molecule has 0 atom stereocenters. The van der Waals surface area contributed by atoms with E-state index in [1.165, 1.54) is 11.8 Å². The first-order chi connectivity index (χ1) is 13.4. The minimum Gasteiger partial charge on any atom is -0.366 e. The van der Waals surface area contributed by atoms with Gasteiger partial charge in [-0.15, -0.1) is 0 Å². The number of pyridine rings is 1. The molecule has 3 rings (SSSR count). The zero-order valence-corrected chi connectivity index (χ0v) is 17.1. The number of hydrogen-bond donors (Lipinski definition) is 1. The van der Waals surface area contributed by atoms with Crippen molar-refractivity contribution in [1.29, 1.82) is 0 Å². The summed E-state index contributed by atoms with van der Waals surface area (Å²) in [5.74, 6) is 0.410. The van der Waals surface area contributed by atoms with E-state index in [0.717, 1.165) is 16.8 Å². The number of aryl methyl sites for hydroxylation is 1. The number of nitrogens with two attached hydrogens (primary N) is 1. The molecule has 0 radical (unpaired) electrons. The van der Waals surface area contributed by atoms with Crippen LogP contribution in [-0.2, 0) is 4.79 Å². The van der Waals surface area contributed by atoms with Crippen molar-refractivity contribution < 1.29 is 9.59 Å². The molecule has 8 nitrogen and oxygen atoms in total. The van der Waals surface area contributed by atoms with Crippen LogP contribution in [0.4, 0.5) is 5.95 Å². The van der Waals surface area contributed by atoms with Crippen molar-refractivity contribution in [2.24, 2.45) is 5.73 Å². The van der Waals surface area contributed by atoms with Crippen molar-refractivity contribution in [2.75, 3.05) is 36.8 Å². The molecule has 148 valence electrons. The number of primary amides is 1. The molecule has 3 heterocycles. The Labute approximate surface area is 168 Å². The number of carbonyl (C=O) groups excluding carboxylic acids is 2. The lowest BCUT2D eigenvalue weighted by molar-refractivity contribution is -0.128. The Kier molecular flexibility index (Phi) is 6.13. The number of piperazine rings is 1. The summed E-state index contributed by atoms with van der Waals surface area (Å²) in [4.78, 5) is 41.4. The average molecular weight is 401 g/mol. The smallest absolute Gasteiger partial charge is 0.251 e. The Hall–Kier alpha value is -2.68. The lowest BCUT2D eigenvalue weighted by Crippen LogP contribution is -2.49. The highest BCUT2D eigenvalue weighted by Gasteiger charge is 2.24. The van der Waals surface area contributed by atoms with Crippen LogP contribution in [0.1, 0.15) is 27.2 Å². The van der Waals surface area contributed by atoms with Gasteiger partial charge in [0.05, 0.1) is 11.3 Å². The van der Waals surface area contributed by atoms with E-state index in [2.05, 4.69) is 19.9 Å². The minimum atomic E-state index is -0.514. The number of carbonyl (C=O) groups is 2. The first kappa shape index (κ1) is 20.1. The molecule has 2 aromatic heterocycles. The van der Waals surface area contributed by atoms with E-state index < -0.39 is 5.91 Å². The third-order valence-electron chi connectivity index (χ3n) is 5.01. The van der Waals surface area contributed by atoms with Crippen molar-refractivity contribution in [3.05, 3.63) is 40.8 Å². The number of anilines is 1.